The highest BCUT2D eigenvalue weighted by Crippen LogP contribution is 2.33. The fourth-order valence-electron chi connectivity index (χ4n) is 1.11. The van der Waals surface area contributed by atoms with Gasteiger partial charge in [0.1, 0.15) is 0 Å². The highest BCUT2D eigenvalue weighted by atomic mass is 35.5. The van der Waals surface area contributed by atoms with Gasteiger partial charge in [-0.15, -0.1) is 12.4 Å². The Morgan fingerprint density at radius 2 is 2.14 bits per heavy atom. The second-order valence-electron chi connectivity index (χ2n) is 2.81. The average Bonchev–Trinajstić information content (AvgIpc) is 2.12. The van der Waals surface area contributed by atoms with Crippen molar-refractivity contribution in [2.75, 3.05) is 0 Å². The van der Waals surface area contributed by atoms with Crippen molar-refractivity contribution >= 4 is 24.0 Å². The number of benzene rings is 1. The molecule has 1 aromatic rings. The highest BCUT2D eigenvalue weighted by molar-refractivity contribution is 6.31. The Morgan fingerprint density at radius 3 is 2.64 bits per heavy atom. The topological polar surface area (TPSA) is 46.2 Å². The fraction of sp³-hybridized carbons (Fsp3) is 0.333. The van der Waals surface area contributed by atoms with Crippen molar-refractivity contribution in [3.63, 3.8) is 0 Å². The van der Waals surface area contributed by atoms with E-state index in [0.29, 0.717) is 11.4 Å². The average molecular weight is 240 g/mol. The fourth-order valence-corrected chi connectivity index (χ4v) is 1.41. The molecule has 0 radical (unpaired) electrons. The molecule has 0 heterocycles. The lowest BCUT2D eigenvalue weighted by Gasteiger charge is -2.13. The third-order valence-electron chi connectivity index (χ3n) is 1.93. The Bertz CT molecular complexity index is 320. The van der Waals surface area contributed by atoms with Crippen molar-refractivity contribution in [2.24, 2.45) is 5.73 Å². The van der Waals surface area contributed by atoms with Gasteiger partial charge in [-0.05, 0) is 18.6 Å². The standard InChI is InChI=1S/C9H11ClFNO.ClH/c1-2-7(12)8-5(10)3-4-6(11)9(8)13;/h3-4,7,13H,2,12H2,1H3;1H/t7-;/m0./s1. The van der Waals surface area contributed by atoms with Crippen molar-refractivity contribution in [1.29, 1.82) is 0 Å². The quantitative estimate of drug-likeness (QED) is 0.834. The summed E-state index contributed by atoms with van der Waals surface area (Å²) < 4.78 is 12.9. The minimum atomic E-state index is -0.691. The molecule has 0 spiro atoms. The number of aromatic hydroxyl groups is 1. The number of phenols is 1. The molecule has 0 aliphatic rings. The summed E-state index contributed by atoms with van der Waals surface area (Å²) in [6.07, 6.45) is 0.594. The van der Waals surface area contributed by atoms with Gasteiger partial charge in [0.05, 0.1) is 0 Å². The van der Waals surface area contributed by atoms with Crippen LogP contribution >= 0.6 is 24.0 Å². The van der Waals surface area contributed by atoms with Gasteiger partial charge in [-0.25, -0.2) is 4.39 Å². The van der Waals surface area contributed by atoms with E-state index in [1.807, 2.05) is 6.92 Å². The number of rotatable bonds is 2. The first-order valence-electron chi connectivity index (χ1n) is 4.00. The Kier molecular flexibility index (Phi) is 5.19. The van der Waals surface area contributed by atoms with E-state index < -0.39 is 17.6 Å². The summed E-state index contributed by atoms with van der Waals surface area (Å²) in [5, 5.41) is 9.64. The summed E-state index contributed by atoms with van der Waals surface area (Å²) >= 11 is 5.77. The third-order valence-corrected chi connectivity index (χ3v) is 2.25. The molecule has 1 atom stereocenters. The summed E-state index contributed by atoms with van der Waals surface area (Å²) in [5.74, 6) is -1.13. The summed E-state index contributed by atoms with van der Waals surface area (Å²) in [6, 6.07) is 2.08. The SMILES string of the molecule is CC[C@H](N)c1c(Cl)ccc(F)c1O.Cl. The molecule has 80 valence electrons. The molecule has 1 rings (SSSR count). The second-order valence-corrected chi connectivity index (χ2v) is 3.21. The second kappa shape index (κ2) is 5.39. The predicted octanol–water partition coefficient (Wildman–Crippen LogP) is 3.02. The molecule has 0 aliphatic heterocycles. The lowest BCUT2D eigenvalue weighted by atomic mass is 10.0. The molecular formula is C9H12Cl2FNO. The van der Waals surface area contributed by atoms with Crippen molar-refractivity contribution in [1.82, 2.24) is 0 Å². The molecule has 0 unspecified atom stereocenters. The van der Waals surface area contributed by atoms with Crippen LogP contribution in [-0.2, 0) is 0 Å². The van der Waals surface area contributed by atoms with E-state index in [2.05, 4.69) is 0 Å². The van der Waals surface area contributed by atoms with Gasteiger partial charge in [0.15, 0.2) is 11.6 Å². The molecule has 0 amide bonds. The summed E-state index contributed by atoms with van der Waals surface area (Å²) in [4.78, 5) is 0. The normalized spacial score (nSPS) is 12.0. The number of nitrogens with two attached hydrogens (primary N) is 1. The van der Waals surface area contributed by atoms with Gasteiger partial charge in [-0.1, -0.05) is 18.5 Å². The zero-order chi connectivity index (χ0) is 10.0. The zero-order valence-corrected chi connectivity index (χ0v) is 9.20. The van der Waals surface area contributed by atoms with E-state index >= 15 is 0 Å². The van der Waals surface area contributed by atoms with Crippen LogP contribution in [0, 0.1) is 5.82 Å². The molecular weight excluding hydrogens is 228 g/mol. The molecule has 5 heteroatoms. The van der Waals surface area contributed by atoms with Gasteiger partial charge in [0.25, 0.3) is 0 Å². The molecule has 3 N–H and O–H groups in total. The number of phenolic OH excluding ortho intramolecular Hbond substituents is 1. The summed E-state index contributed by atoms with van der Waals surface area (Å²) in [7, 11) is 0. The Labute approximate surface area is 93.3 Å². The number of halogens is 3. The molecule has 1 aromatic carbocycles. The maximum atomic E-state index is 12.9. The van der Waals surface area contributed by atoms with Crippen LogP contribution < -0.4 is 5.73 Å². The monoisotopic (exact) mass is 239 g/mol. The lowest BCUT2D eigenvalue weighted by Crippen LogP contribution is -2.10. The Morgan fingerprint density at radius 1 is 1.57 bits per heavy atom. The molecule has 14 heavy (non-hydrogen) atoms. The van der Waals surface area contributed by atoms with Crippen LogP contribution in [0.15, 0.2) is 12.1 Å². The van der Waals surface area contributed by atoms with Crippen LogP contribution in [0.1, 0.15) is 24.9 Å². The highest BCUT2D eigenvalue weighted by Gasteiger charge is 2.16. The minimum Gasteiger partial charge on any atom is -0.505 e. The zero-order valence-electron chi connectivity index (χ0n) is 7.63. The van der Waals surface area contributed by atoms with Crippen molar-refractivity contribution in [3.05, 3.63) is 28.5 Å². The molecule has 0 bridgehead atoms. The van der Waals surface area contributed by atoms with Gasteiger partial charge in [0.2, 0.25) is 0 Å². The van der Waals surface area contributed by atoms with Gasteiger partial charge in [-0.2, -0.15) is 0 Å². The molecule has 0 aliphatic carbocycles. The van der Waals surface area contributed by atoms with Crippen LogP contribution in [0.2, 0.25) is 5.02 Å². The van der Waals surface area contributed by atoms with Crippen LogP contribution in [0.4, 0.5) is 4.39 Å². The summed E-state index contributed by atoms with van der Waals surface area (Å²) in [6.45, 7) is 1.84. The maximum absolute atomic E-state index is 12.9. The van der Waals surface area contributed by atoms with Gasteiger partial charge >= 0.3 is 0 Å². The maximum Gasteiger partial charge on any atom is 0.165 e. The van der Waals surface area contributed by atoms with E-state index in [1.54, 1.807) is 0 Å². The molecule has 0 fully saturated rings. The van der Waals surface area contributed by atoms with E-state index in [-0.39, 0.29) is 18.0 Å². The minimum absolute atomic E-state index is 0. The predicted molar refractivity (Wildman–Crippen MR) is 57.5 cm³/mol. The molecule has 2 nitrogen and oxygen atoms in total. The van der Waals surface area contributed by atoms with E-state index in [1.165, 1.54) is 6.07 Å². The Hall–Kier alpha value is -0.510. The van der Waals surface area contributed by atoms with E-state index in [9.17, 15) is 9.50 Å². The van der Waals surface area contributed by atoms with Crippen LogP contribution in [-0.4, -0.2) is 5.11 Å². The van der Waals surface area contributed by atoms with Gasteiger partial charge < -0.3 is 10.8 Å². The Balaban J connectivity index is 0.00000169. The first-order chi connectivity index (χ1) is 6.07. The third kappa shape index (κ3) is 2.50. The van der Waals surface area contributed by atoms with Crippen LogP contribution in [0.3, 0.4) is 0 Å². The van der Waals surface area contributed by atoms with Gasteiger partial charge in [0, 0.05) is 16.6 Å². The first-order valence-corrected chi connectivity index (χ1v) is 4.38. The molecule has 0 saturated heterocycles. The smallest absolute Gasteiger partial charge is 0.165 e. The van der Waals surface area contributed by atoms with Crippen LogP contribution in [0.5, 0.6) is 5.75 Å². The van der Waals surface area contributed by atoms with E-state index in [4.69, 9.17) is 17.3 Å². The first kappa shape index (κ1) is 13.5. The van der Waals surface area contributed by atoms with Crippen LogP contribution in [0.25, 0.3) is 0 Å². The molecule has 0 aromatic heterocycles. The van der Waals surface area contributed by atoms with E-state index in [0.717, 1.165) is 6.07 Å². The lowest BCUT2D eigenvalue weighted by molar-refractivity contribution is 0.420. The van der Waals surface area contributed by atoms with Gasteiger partial charge in [-0.3, -0.25) is 0 Å². The summed E-state index contributed by atoms with van der Waals surface area (Å²) in [5.41, 5.74) is 5.94. The number of hydrogen-bond acceptors (Lipinski definition) is 2. The van der Waals surface area contributed by atoms with Crippen molar-refractivity contribution in [3.8, 4) is 5.75 Å². The largest absolute Gasteiger partial charge is 0.505 e. The molecule has 0 saturated carbocycles. The van der Waals surface area contributed by atoms with Crippen molar-refractivity contribution < 1.29 is 9.50 Å². The number of hydrogen-bond donors (Lipinski definition) is 2. The van der Waals surface area contributed by atoms with Crippen molar-refractivity contribution in [2.45, 2.75) is 19.4 Å².